The molecule has 63 valence electrons. The summed E-state index contributed by atoms with van der Waals surface area (Å²) in [6, 6.07) is 8.11. The molecule has 1 saturated heterocycles. The van der Waals surface area contributed by atoms with E-state index in [0.717, 1.165) is 18.8 Å². The summed E-state index contributed by atoms with van der Waals surface area (Å²) in [5, 5.41) is 0. The van der Waals surface area contributed by atoms with Crippen molar-refractivity contribution < 1.29 is 4.74 Å². The van der Waals surface area contributed by atoms with Gasteiger partial charge in [-0.3, -0.25) is 0 Å². The van der Waals surface area contributed by atoms with Crippen LogP contribution in [0.1, 0.15) is 0 Å². The van der Waals surface area contributed by atoms with E-state index >= 15 is 0 Å². The lowest BCUT2D eigenvalue weighted by Gasteiger charge is -2.33. The fourth-order valence-corrected chi connectivity index (χ4v) is 1.35. The van der Waals surface area contributed by atoms with Gasteiger partial charge >= 0.3 is 0 Å². The minimum absolute atomic E-state index is 0.964. The zero-order valence-corrected chi connectivity index (χ0v) is 7.16. The van der Waals surface area contributed by atoms with Crippen LogP contribution in [0.2, 0.25) is 0 Å². The lowest BCUT2D eigenvalue weighted by Crippen LogP contribution is -2.37. The third kappa shape index (κ3) is 1.13. The van der Waals surface area contributed by atoms with Crippen LogP contribution in [0.5, 0.6) is 5.75 Å². The van der Waals surface area contributed by atoms with Gasteiger partial charge in [-0.25, -0.2) is 0 Å². The van der Waals surface area contributed by atoms with E-state index in [9.17, 15) is 0 Å². The summed E-state index contributed by atoms with van der Waals surface area (Å²) in [7, 11) is 1.71. The number of anilines is 1. The highest BCUT2D eigenvalue weighted by Crippen LogP contribution is 2.30. The van der Waals surface area contributed by atoms with E-state index in [4.69, 9.17) is 4.74 Å². The topological polar surface area (TPSA) is 12.5 Å². The van der Waals surface area contributed by atoms with Crippen molar-refractivity contribution in [3.8, 4) is 5.75 Å². The van der Waals surface area contributed by atoms with Crippen molar-refractivity contribution >= 4 is 5.69 Å². The van der Waals surface area contributed by atoms with Crippen LogP contribution in [-0.2, 0) is 0 Å². The molecule has 1 fully saturated rings. The maximum atomic E-state index is 5.25. The molecule has 12 heavy (non-hydrogen) atoms. The van der Waals surface area contributed by atoms with Gasteiger partial charge in [0.1, 0.15) is 5.75 Å². The molecule has 2 rings (SSSR count). The summed E-state index contributed by atoms with van der Waals surface area (Å²) in [4.78, 5) is 2.28. The molecule has 0 aliphatic carbocycles. The van der Waals surface area contributed by atoms with Gasteiger partial charge in [-0.05, 0) is 12.1 Å². The quantitative estimate of drug-likeness (QED) is 0.656. The van der Waals surface area contributed by atoms with Crippen molar-refractivity contribution in [1.29, 1.82) is 0 Å². The van der Waals surface area contributed by atoms with E-state index < -0.39 is 0 Å². The molecule has 1 aromatic rings. The van der Waals surface area contributed by atoms with E-state index in [2.05, 4.69) is 17.4 Å². The minimum Gasteiger partial charge on any atom is -0.495 e. The number of para-hydroxylation sites is 2. The Balaban J connectivity index is 2.27. The van der Waals surface area contributed by atoms with Crippen LogP contribution in [0, 0.1) is 6.42 Å². The van der Waals surface area contributed by atoms with Crippen molar-refractivity contribution in [2.75, 3.05) is 25.1 Å². The molecule has 1 heterocycles. The Bertz CT molecular complexity index is 268. The minimum atomic E-state index is 0.964. The molecule has 0 N–H and O–H groups in total. The molecule has 0 unspecified atom stereocenters. The van der Waals surface area contributed by atoms with Crippen molar-refractivity contribution in [1.82, 2.24) is 0 Å². The maximum Gasteiger partial charge on any atom is 0.142 e. The highest BCUT2D eigenvalue weighted by atomic mass is 16.5. The number of methoxy groups -OCH3 is 1. The number of nitrogens with zero attached hydrogens (tertiary/aromatic N) is 1. The van der Waals surface area contributed by atoms with E-state index in [1.165, 1.54) is 5.69 Å². The second-order valence-corrected chi connectivity index (χ2v) is 2.87. The number of hydrogen-bond acceptors (Lipinski definition) is 2. The van der Waals surface area contributed by atoms with Crippen molar-refractivity contribution in [3.05, 3.63) is 30.7 Å². The molecule has 0 spiro atoms. The average molecular weight is 162 g/mol. The van der Waals surface area contributed by atoms with Crippen molar-refractivity contribution in [2.24, 2.45) is 0 Å². The van der Waals surface area contributed by atoms with Gasteiger partial charge in [-0.15, -0.1) is 0 Å². The van der Waals surface area contributed by atoms with Gasteiger partial charge in [-0.1, -0.05) is 12.1 Å². The van der Waals surface area contributed by atoms with Crippen LogP contribution in [0.3, 0.4) is 0 Å². The molecular formula is C10H12NO. The summed E-state index contributed by atoms with van der Waals surface area (Å²) in [5.74, 6) is 0.964. The van der Waals surface area contributed by atoms with Gasteiger partial charge in [0.2, 0.25) is 0 Å². The Labute approximate surface area is 72.8 Å². The molecule has 2 nitrogen and oxygen atoms in total. The maximum absolute atomic E-state index is 5.25. The number of hydrogen-bond donors (Lipinski definition) is 0. The first kappa shape index (κ1) is 7.47. The lowest BCUT2D eigenvalue weighted by atomic mass is 10.1. The third-order valence-corrected chi connectivity index (χ3v) is 2.12. The Kier molecular flexibility index (Phi) is 1.90. The SMILES string of the molecule is COc1ccccc1N1C[CH]C1. The van der Waals surface area contributed by atoms with Crippen LogP contribution in [0.4, 0.5) is 5.69 Å². The van der Waals surface area contributed by atoms with Gasteiger partial charge in [0.05, 0.1) is 12.8 Å². The van der Waals surface area contributed by atoms with Crippen LogP contribution < -0.4 is 9.64 Å². The monoisotopic (exact) mass is 162 g/mol. The standard InChI is InChI=1S/C10H12NO/c1-12-10-6-3-2-5-9(10)11-7-4-8-11/h2-6H,7-8H2,1H3. The molecule has 1 aromatic carbocycles. The number of rotatable bonds is 2. The highest BCUT2D eigenvalue weighted by Gasteiger charge is 2.17. The van der Waals surface area contributed by atoms with E-state index in [0.29, 0.717) is 0 Å². The highest BCUT2D eigenvalue weighted by molar-refractivity contribution is 5.60. The summed E-state index contributed by atoms with van der Waals surface area (Å²) in [5.41, 5.74) is 1.20. The largest absolute Gasteiger partial charge is 0.495 e. The summed E-state index contributed by atoms with van der Waals surface area (Å²) in [6.45, 7) is 2.08. The number of ether oxygens (including phenoxy) is 1. The molecule has 0 aromatic heterocycles. The van der Waals surface area contributed by atoms with Gasteiger partial charge in [0.25, 0.3) is 0 Å². The first-order valence-corrected chi connectivity index (χ1v) is 4.11. The van der Waals surface area contributed by atoms with E-state index in [1.54, 1.807) is 7.11 Å². The molecule has 2 heteroatoms. The second kappa shape index (κ2) is 3.05. The average Bonchev–Trinajstić information content (AvgIpc) is 2.02. The molecule has 0 amide bonds. The fraction of sp³-hybridized carbons (Fsp3) is 0.300. The third-order valence-electron chi connectivity index (χ3n) is 2.12. The van der Waals surface area contributed by atoms with Crippen molar-refractivity contribution in [3.63, 3.8) is 0 Å². The van der Waals surface area contributed by atoms with Crippen molar-refractivity contribution in [2.45, 2.75) is 0 Å². The van der Waals surface area contributed by atoms with Crippen LogP contribution in [0.15, 0.2) is 24.3 Å². The molecule has 1 aliphatic rings. The Hall–Kier alpha value is -1.18. The first-order chi connectivity index (χ1) is 5.92. The zero-order valence-electron chi connectivity index (χ0n) is 7.16. The normalized spacial score (nSPS) is 15.6. The molecule has 0 saturated carbocycles. The lowest BCUT2D eigenvalue weighted by molar-refractivity contribution is 0.413. The molecular weight excluding hydrogens is 150 g/mol. The molecule has 0 atom stereocenters. The predicted octanol–water partition coefficient (Wildman–Crippen LogP) is 1.72. The Morgan fingerprint density at radius 3 is 2.58 bits per heavy atom. The van der Waals surface area contributed by atoms with Gasteiger partial charge in [0.15, 0.2) is 0 Å². The summed E-state index contributed by atoms with van der Waals surface area (Å²) >= 11 is 0. The second-order valence-electron chi connectivity index (χ2n) is 2.87. The summed E-state index contributed by atoms with van der Waals surface area (Å²) < 4.78 is 5.25. The predicted molar refractivity (Wildman–Crippen MR) is 49.5 cm³/mol. The number of benzene rings is 1. The molecule has 1 aliphatic heterocycles. The first-order valence-electron chi connectivity index (χ1n) is 4.11. The van der Waals surface area contributed by atoms with Gasteiger partial charge in [-0.2, -0.15) is 0 Å². The Morgan fingerprint density at radius 2 is 2.00 bits per heavy atom. The van der Waals surface area contributed by atoms with Crippen LogP contribution in [-0.4, -0.2) is 20.2 Å². The van der Waals surface area contributed by atoms with E-state index in [1.807, 2.05) is 18.2 Å². The summed E-state index contributed by atoms with van der Waals surface area (Å²) in [6.07, 6.45) is 2.24. The zero-order chi connectivity index (χ0) is 8.39. The van der Waals surface area contributed by atoms with Crippen LogP contribution >= 0.6 is 0 Å². The molecule has 0 bridgehead atoms. The Morgan fingerprint density at radius 1 is 1.25 bits per heavy atom. The fourth-order valence-electron chi connectivity index (χ4n) is 1.35. The molecule has 1 radical (unpaired) electrons. The van der Waals surface area contributed by atoms with Gasteiger partial charge < -0.3 is 9.64 Å². The van der Waals surface area contributed by atoms with E-state index in [-0.39, 0.29) is 0 Å². The smallest absolute Gasteiger partial charge is 0.142 e. The van der Waals surface area contributed by atoms with Crippen LogP contribution in [0.25, 0.3) is 0 Å². The van der Waals surface area contributed by atoms with Gasteiger partial charge in [0, 0.05) is 19.5 Å².